The zero-order chi connectivity index (χ0) is 14.5. The standard InChI is InChI=1S/C17H18N4/c18-13-14-6-2-3-7-16(14)20-15-8-9-19-17(12-15)21-10-4-1-5-11-21/h1-4,6-9,12-13,18H,5,10-11H2,(H,19,20). The molecular formula is C17H18N4. The summed E-state index contributed by atoms with van der Waals surface area (Å²) >= 11 is 0. The molecule has 4 nitrogen and oxygen atoms in total. The molecule has 1 aliphatic rings. The lowest BCUT2D eigenvalue weighted by Crippen LogP contribution is -2.27. The molecule has 1 aromatic carbocycles. The summed E-state index contributed by atoms with van der Waals surface area (Å²) in [5.41, 5.74) is 2.80. The number of aromatic nitrogens is 1. The summed E-state index contributed by atoms with van der Waals surface area (Å²) in [4.78, 5) is 6.71. The molecule has 1 aromatic heterocycles. The fraction of sp³-hybridized carbons (Fsp3) is 0.176. The molecule has 0 fully saturated rings. The van der Waals surface area contributed by atoms with E-state index >= 15 is 0 Å². The smallest absolute Gasteiger partial charge is 0.130 e. The Morgan fingerprint density at radius 3 is 2.90 bits per heavy atom. The van der Waals surface area contributed by atoms with E-state index in [9.17, 15) is 0 Å². The highest BCUT2D eigenvalue weighted by Crippen LogP contribution is 2.23. The number of hydrogen-bond acceptors (Lipinski definition) is 4. The van der Waals surface area contributed by atoms with Crippen molar-refractivity contribution in [3.05, 3.63) is 60.3 Å². The molecule has 0 bridgehead atoms. The molecule has 0 saturated heterocycles. The summed E-state index contributed by atoms with van der Waals surface area (Å²) in [7, 11) is 0. The number of pyridine rings is 1. The van der Waals surface area contributed by atoms with E-state index in [1.807, 2.05) is 36.5 Å². The molecule has 0 amide bonds. The molecule has 0 spiro atoms. The van der Waals surface area contributed by atoms with Crippen LogP contribution in [0.15, 0.2) is 54.7 Å². The monoisotopic (exact) mass is 278 g/mol. The lowest BCUT2D eigenvalue weighted by molar-refractivity contribution is 0.806. The molecule has 2 heterocycles. The molecule has 1 aliphatic heterocycles. The van der Waals surface area contributed by atoms with Crippen LogP contribution in [0, 0.1) is 5.41 Å². The highest BCUT2D eigenvalue weighted by molar-refractivity contribution is 5.87. The van der Waals surface area contributed by atoms with Gasteiger partial charge in [0.1, 0.15) is 5.82 Å². The second-order valence-corrected chi connectivity index (χ2v) is 4.97. The number of hydrogen-bond donors (Lipinski definition) is 2. The Morgan fingerprint density at radius 1 is 1.19 bits per heavy atom. The molecule has 21 heavy (non-hydrogen) atoms. The van der Waals surface area contributed by atoms with Crippen LogP contribution in [0.25, 0.3) is 0 Å². The fourth-order valence-electron chi connectivity index (χ4n) is 2.41. The van der Waals surface area contributed by atoms with Gasteiger partial charge in [-0.15, -0.1) is 0 Å². The van der Waals surface area contributed by atoms with E-state index in [2.05, 4.69) is 33.4 Å². The van der Waals surface area contributed by atoms with E-state index in [1.165, 1.54) is 6.21 Å². The third kappa shape index (κ3) is 3.11. The van der Waals surface area contributed by atoms with Crippen molar-refractivity contribution in [3.8, 4) is 0 Å². The number of rotatable bonds is 4. The summed E-state index contributed by atoms with van der Waals surface area (Å²) in [6, 6.07) is 11.8. The zero-order valence-electron chi connectivity index (χ0n) is 11.8. The minimum absolute atomic E-state index is 0.872. The van der Waals surface area contributed by atoms with E-state index in [0.717, 1.165) is 42.3 Å². The van der Waals surface area contributed by atoms with Gasteiger partial charge in [-0.2, -0.15) is 0 Å². The second-order valence-electron chi connectivity index (χ2n) is 4.97. The average molecular weight is 278 g/mol. The molecule has 2 N–H and O–H groups in total. The quantitative estimate of drug-likeness (QED) is 0.664. The van der Waals surface area contributed by atoms with Gasteiger partial charge in [0.15, 0.2) is 0 Å². The van der Waals surface area contributed by atoms with Crippen molar-refractivity contribution >= 4 is 23.4 Å². The molecule has 3 rings (SSSR count). The topological polar surface area (TPSA) is 52.0 Å². The van der Waals surface area contributed by atoms with Gasteiger partial charge in [-0.25, -0.2) is 4.98 Å². The summed E-state index contributed by atoms with van der Waals surface area (Å²) in [5, 5.41) is 10.8. The van der Waals surface area contributed by atoms with Gasteiger partial charge >= 0.3 is 0 Å². The maximum Gasteiger partial charge on any atom is 0.130 e. The van der Waals surface area contributed by atoms with Crippen molar-refractivity contribution in [2.45, 2.75) is 6.42 Å². The van der Waals surface area contributed by atoms with Crippen LogP contribution in [0.2, 0.25) is 0 Å². The molecule has 0 aliphatic carbocycles. The molecule has 4 heteroatoms. The minimum atomic E-state index is 0.872. The highest BCUT2D eigenvalue weighted by Gasteiger charge is 2.09. The Balaban J connectivity index is 1.83. The molecule has 2 aromatic rings. The van der Waals surface area contributed by atoms with Crippen molar-refractivity contribution in [3.63, 3.8) is 0 Å². The third-order valence-corrected chi connectivity index (χ3v) is 3.52. The van der Waals surface area contributed by atoms with E-state index < -0.39 is 0 Å². The summed E-state index contributed by atoms with van der Waals surface area (Å²) < 4.78 is 0. The molecule has 0 unspecified atom stereocenters. The van der Waals surface area contributed by atoms with Gasteiger partial charge < -0.3 is 15.6 Å². The minimum Gasteiger partial charge on any atom is -0.355 e. The lowest BCUT2D eigenvalue weighted by Gasteiger charge is -2.24. The normalized spacial score (nSPS) is 14.0. The molecular weight excluding hydrogens is 260 g/mol. The van der Waals surface area contributed by atoms with Gasteiger partial charge in [-0.3, -0.25) is 0 Å². The first-order chi connectivity index (χ1) is 10.4. The Hall–Kier alpha value is -2.62. The van der Waals surface area contributed by atoms with Crippen LogP contribution in [0.4, 0.5) is 17.2 Å². The van der Waals surface area contributed by atoms with Gasteiger partial charge in [0, 0.05) is 48.5 Å². The van der Waals surface area contributed by atoms with Crippen LogP contribution in [0.3, 0.4) is 0 Å². The number of nitrogens with one attached hydrogen (secondary N) is 2. The fourth-order valence-corrected chi connectivity index (χ4v) is 2.41. The maximum absolute atomic E-state index is 7.46. The first-order valence-corrected chi connectivity index (χ1v) is 7.09. The van der Waals surface area contributed by atoms with Crippen molar-refractivity contribution in [2.75, 3.05) is 23.3 Å². The highest BCUT2D eigenvalue weighted by atomic mass is 15.2. The Bertz CT molecular complexity index is 663. The van der Waals surface area contributed by atoms with Gasteiger partial charge in [0.2, 0.25) is 0 Å². The molecule has 0 saturated carbocycles. The zero-order valence-corrected chi connectivity index (χ0v) is 11.8. The summed E-state index contributed by atoms with van der Waals surface area (Å²) in [5.74, 6) is 0.983. The first-order valence-electron chi connectivity index (χ1n) is 7.09. The van der Waals surface area contributed by atoms with Gasteiger partial charge in [0.25, 0.3) is 0 Å². The van der Waals surface area contributed by atoms with E-state index in [1.54, 1.807) is 0 Å². The Kier molecular flexibility index (Phi) is 3.96. The Labute approximate surface area is 124 Å². The van der Waals surface area contributed by atoms with Gasteiger partial charge in [-0.1, -0.05) is 30.4 Å². The Morgan fingerprint density at radius 2 is 2.10 bits per heavy atom. The maximum atomic E-state index is 7.46. The van der Waals surface area contributed by atoms with Gasteiger partial charge in [-0.05, 0) is 18.6 Å². The number of anilines is 3. The number of para-hydroxylation sites is 1. The van der Waals surface area contributed by atoms with Gasteiger partial charge in [0.05, 0.1) is 0 Å². The number of benzene rings is 1. The third-order valence-electron chi connectivity index (χ3n) is 3.52. The van der Waals surface area contributed by atoms with Crippen molar-refractivity contribution < 1.29 is 0 Å². The van der Waals surface area contributed by atoms with Crippen molar-refractivity contribution in [1.29, 1.82) is 5.41 Å². The van der Waals surface area contributed by atoms with Crippen LogP contribution in [0.5, 0.6) is 0 Å². The van der Waals surface area contributed by atoms with Crippen LogP contribution in [0.1, 0.15) is 12.0 Å². The van der Waals surface area contributed by atoms with Crippen molar-refractivity contribution in [1.82, 2.24) is 4.98 Å². The van der Waals surface area contributed by atoms with Crippen molar-refractivity contribution in [2.24, 2.45) is 0 Å². The second kappa shape index (κ2) is 6.22. The van der Waals surface area contributed by atoms with Crippen LogP contribution >= 0.6 is 0 Å². The van der Waals surface area contributed by atoms with E-state index in [-0.39, 0.29) is 0 Å². The van der Waals surface area contributed by atoms with E-state index in [4.69, 9.17) is 5.41 Å². The first kappa shape index (κ1) is 13.4. The van der Waals surface area contributed by atoms with Crippen LogP contribution < -0.4 is 10.2 Å². The SMILES string of the molecule is N=Cc1ccccc1Nc1ccnc(N2CC=CCC2)c1. The summed E-state index contributed by atoms with van der Waals surface area (Å²) in [6.07, 6.45) is 8.63. The molecule has 0 atom stereocenters. The predicted molar refractivity (Wildman–Crippen MR) is 87.8 cm³/mol. The van der Waals surface area contributed by atoms with E-state index in [0.29, 0.717) is 0 Å². The van der Waals surface area contributed by atoms with Crippen LogP contribution in [-0.2, 0) is 0 Å². The molecule has 0 radical (unpaired) electrons. The average Bonchev–Trinajstić information content (AvgIpc) is 2.56. The lowest BCUT2D eigenvalue weighted by atomic mass is 10.2. The predicted octanol–water partition coefficient (Wildman–Crippen LogP) is 3.59. The summed E-state index contributed by atoms with van der Waals surface area (Å²) in [6.45, 7) is 1.91. The number of nitrogens with zero attached hydrogens (tertiary/aromatic N) is 2. The largest absolute Gasteiger partial charge is 0.355 e. The molecule has 106 valence electrons. The van der Waals surface area contributed by atoms with Crippen LogP contribution in [-0.4, -0.2) is 24.3 Å².